The summed E-state index contributed by atoms with van der Waals surface area (Å²) in [7, 11) is 0. The van der Waals surface area contributed by atoms with Gasteiger partial charge in [0, 0.05) is 25.4 Å². The first-order valence-corrected chi connectivity index (χ1v) is 7.61. The van der Waals surface area contributed by atoms with E-state index in [9.17, 15) is 13.6 Å². The number of nitrogens with zero attached hydrogens (tertiary/aromatic N) is 2. The summed E-state index contributed by atoms with van der Waals surface area (Å²) >= 11 is 0. The summed E-state index contributed by atoms with van der Waals surface area (Å²) in [5.41, 5.74) is 0.336. The molecule has 6 heteroatoms. The molecule has 1 aliphatic heterocycles. The molecule has 1 saturated heterocycles. The first-order valence-electron chi connectivity index (χ1n) is 7.61. The predicted octanol–water partition coefficient (Wildman–Crippen LogP) is 3.60. The van der Waals surface area contributed by atoms with Gasteiger partial charge in [-0.15, -0.1) is 0 Å². The Morgan fingerprint density at radius 2 is 1.91 bits per heavy atom. The lowest BCUT2D eigenvalue weighted by atomic mass is 10.1. The molecule has 2 heterocycles. The number of halogens is 2. The summed E-state index contributed by atoms with van der Waals surface area (Å²) in [6.07, 6.45) is 4.93. The first-order chi connectivity index (χ1) is 11.1. The average Bonchev–Trinajstić information content (AvgIpc) is 2.58. The SMILES string of the molecule is O=C(Nc1ccc(F)cc1F)c1cccnc1N1CCCCC1. The minimum atomic E-state index is -0.804. The average molecular weight is 317 g/mol. The lowest BCUT2D eigenvalue weighted by molar-refractivity contribution is 0.102. The molecular formula is C17H17F2N3O. The summed E-state index contributed by atoms with van der Waals surface area (Å²) < 4.78 is 26.6. The van der Waals surface area contributed by atoms with Crippen molar-refractivity contribution in [2.45, 2.75) is 19.3 Å². The van der Waals surface area contributed by atoms with Crippen molar-refractivity contribution < 1.29 is 13.6 Å². The Balaban J connectivity index is 1.84. The van der Waals surface area contributed by atoms with Gasteiger partial charge in [-0.3, -0.25) is 4.79 Å². The molecule has 4 nitrogen and oxygen atoms in total. The third kappa shape index (κ3) is 3.47. The minimum absolute atomic E-state index is 0.0511. The molecule has 0 atom stereocenters. The quantitative estimate of drug-likeness (QED) is 0.941. The van der Waals surface area contributed by atoms with Crippen molar-refractivity contribution in [2.75, 3.05) is 23.3 Å². The van der Waals surface area contributed by atoms with Crippen molar-refractivity contribution in [1.82, 2.24) is 4.98 Å². The van der Waals surface area contributed by atoms with Crippen LogP contribution >= 0.6 is 0 Å². The number of anilines is 2. The normalized spacial score (nSPS) is 14.6. The van der Waals surface area contributed by atoms with Crippen molar-refractivity contribution in [1.29, 1.82) is 0 Å². The van der Waals surface area contributed by atoms with Gasteiger partial charge in [0.2, 0.25) is 0 Å². The molecule has 2 aromatic rings. The number of carbonyl (C=O) groups is 1. The van der Waals surface area contributed by atoms with Crippen molar-refractivity contribution >= 4 is 17.4 Å². The summed E-state index contributed by atoms with van der Waals surface area (Å²) in [5.74, 6) is -1.34. The van der Waals surface area contributed by atoms with Gasteiger partial charge in [-0.1, -0.05) is 0 Å². The number of nitrogens with one attached hydrogen (secondary N) is 1. The predicted molar refractivity (Wildman–Crippen MR) is 84.6 cm³/mol. The summed E-state index contributed by atoms with van der Waals surface area (Å²) in [4.78, 5) is 18.9. The molecule has 1 aromatic heterocycles. The molecule has 1 aliphatic rings. The van der Waals surface area contributed by atoms with Crippen LogP contribution < -0.4 is 10.2 Å². The topological polar surface area (TPSA) is 45.2 Å². The molecule has 0 saturated carbocycles. The Labute approximate surface area is 133 Å². The van der Waals surface area contributed by atoms with Crippen LogP contribution in [0.1, 0.15) is 29.6 Å². The summed E-state index contributed by atoms with van der Waals surface area (Å²) in [5, 5.41) is 2.49. The Bertz CT molecular complexity index is 715. The highest BCUT2D eigenvalue weighted by molar-refractivity contribution is 6.07. The van der Waals surface area contributed by atoms with Gasteiger partial charge in [-0.05, 0) is 43.5 Å². The number of amides is 1. The van der Waals surface area contributed by atoms with Crippen LogP contribution in [0.4, 0.5) is 20.3 Å². The molecule has 1 amide bonds. The third-order valence-corrected chi connectivity index (χ3v) is 3.87. The zero-order chi connectivity index (χ0) is 16.2. The van der Waals surface area contributed by atoms with Crippen LogP contribution in [0.3, 0.4) is 0 Å². The van der Waals surface area contributed by atoms with E-state index in [2.05, 4.69) is 15.2 Å². The Hall–Kier alpha value is -2.50. The highest BCUT2D eigenvalue weighted by atomic mass is 19.1. The second-order valence-electron chi connectivity index (χ2n) is 5.50. The summed E-state index contributed by atoms with van der Waals surface area (Å²) in [6.45, 7) is 1.70. The van der Waals surface area contributed by atoms with Crippen LogP contribution in [0.25, 0.3) is 0 Å². The van der Waals surface area contributed by atoms with Crippen LogP contribution in [-0.2, 0) is 0 Å². The van der Waals surface area contributed by atoms with Crippen LogP contribution in [-0.4, -0.2) is 24.0 Å². The fraction of sp³-hybridized carbons (Fsp3) is 0.294. The van der Waals surface area contributed by atoms with E-state index in [1.165, 1.54) is 12.5 Å². The zero-order valence-electron chi connectivity index (χ0n) is 12.6. The van der Waals surface area contributed by atoms with Gasteiger partial charge in [0.15, 0.2) is 0 Å². The monoisotopic (exact) mass is 317 g/mol. The van der Waals surface area contributed by atoms with E-state index in [-0.39, 0.29) is 5.69 Å². The number of carbonyl (C=O) groups excluding carboxylic acids is 1. The molecule has 0 unspecified atom stereocenters. The second kappa shape index (κ2) is 6.73. The van der Waals surface area contributed by atoms with E-state index < -0.39 is 17.5 Å². The van der Waals surface area contributed by atoms with Gasteiger partial charge in [0.1, 0.15) is 17.5 Å². The lowest BCUT2D eigenvalue weighted by Crippen LogP contribution is -2.32. The van der Waals surface area contributed by atoms with Crippen LogP contribution in [0, 0.1) is 11.6 Å². The molecule has 3 rings (SSSR count). The number of benzene rings is 1. The molecule has 1 fully saturated rings. The molecule has 1 N–H and O–H groups in total. The molecule has 0 bridgehead atoms. The molecule has 23 heavy (non-hydrogen) atoms. The Morgan fingerprint density at radius 3 is 2.65 bits per heavy atom. The molecule has 120 valence electrons. The number of hydrogen-bond donors (Lipinski definition) is 1. The largest absolute Gasteiger partial charge is 0.356 e. The molecule has 0 aliphatic carbocycles. The van der Waals surface area contributed by atoms with Crippen LogP contribution in [0.15, 0.2) is 36.5 Å². The lowest BCUT2D eigenvalue weighted by Gasteiger charge is -2.29. The first kappa shape index (κ1) is 15.4. The van der Waals surface area contributed by atoms with E-state index in [1.54, 1.807) is 18.3 Å². The van der Waals surface area contributed by atoms with Gasteiger partial charge >= 0.3 is 0 Å². The number of rotatable bonds is 3. The minimum Gasteiger partial charge on any atom is -0.356 e. The molecule has 0 spiro atoms. The number of aromatic nitrogens is 1. The van der Waals surface area contributed by atoms with E-state index in [0.29, 0.717) is 11.4 Å². The van der Waals surface area contributed by atoms with Crippen molar-refractivity contribution in [2.24, 2.45) is 0 Å². The highest BCUT2D eigenvalue weighted by Crippen LogP contribution is 2.23. The number of piperidine rings is 1. The van der Waals surface area contributed by atoms with Crippen molar-refractivity contribution in [3.63, 3.8) is 0 Å². The zero-order valence-corrected chi connectivity index (χ0v) is 12.6. The highest BCUT2D eigenvalue weighted by Gasteiger charge is 2.20. The number of pyridine rings is 1. The van der Waals surface area contributed by atoms with Crippen LogP contribution in [0.5, 0.6) is 0 Å². The van der Waals surface area contributed by atoms with Crippen molar-refractivity contribution in [3.05, 3.63) is 53.7 Å². The van der Waals surface area contributed by atoms with Gasteiger partial charge in [-0.25, -0.2) is 13.8 Å². The number of hydrogen-bond acceptors (Lipinski definition) is 3. The molecular weight excluding hydrogens is 300 g/mol. The maximum Gasteiger partial charge on any atom is 0.259 e. The van der Waals surface area contributed by atoms with Gasteiger partial charge in [-0.2, -0.15) is 0 Å². The fourth-order valence-electron chi connectivity index (χ4n) is 2.71. The van der Waals surface area contributed by atoms with E-state index >= 15 is 0 Å². The Kier molecular flexibility index (Phi) is 4.50. The van der Waals surface area contributed by atoms with Gasteiger partial charge < -0.3 is 10.2 Å². The maximum atomic E-state index is 13.7. The smallest absolute Gasteiger partial charge is 0.259 e. The Morgan fingerprint density at radius 1 is 1.13 bits per heavy atom. The fourth-order valence-corrected chi connectivity index (χ4v) is 2.71. The molecule has 1 aromatic carbocycles. The third-order valence-electron chi connectivity index (χ3n) is 3.87. The second-order valence-corrected chi connectivity index (χ2v) is 5.50. The van der Waals surface area contributed by atoms with Crippen LogP contribution in [0.2, 0.25) is 0 Å². The maximum absolute atomic E-state index is 13.7. The summed E-state index contributed by atoms with van der Waals surface area (Å²) in [6, 6.07) is 6.38. The van der Waals surface area contributed by atoms with Crippen molar-refractivity contribution in [3.8, 4) is 0 Å². The van der Waals surface area contributed by atoms with E-state index in [4.69, 9.17) is 0 Å². The van der Waals surface area contributed by atoms with Gasteiger partial charge in [0.05, 0.1) is 11.3 Å². The standard InChI is InChI=1S/C17H17F2N3O/c18-12-6-7-15(14(19)11-12)21-17(23)13-5-4-8-20-16(13)22-9-2-1-3-10-22/h4-8,11H,1-3,9-10H2,(H,21,23). The van der Waals surface area contributed by atoms with E-state index in [0.717, 1.165) is 38.1 Å². The van der Waals surface area contributed by atoms with E-state index in [1.807, 2.05) is 0 Å². The van der Waals surface area contributed by atoms with Gasteiger partial charge in [0.25, 0.3) is 5.91 Å². The molecule has 0 radical (unpaired) electrons.